The van der Waals surface area contributed by atoms with Gasteiger partial charge in [-0.2, -0.15) is 0 Å². The van der Waals surface area contributed by atoms with Crippen molar-refractivity contribution in [1.29, 1.82) is 0 Å². The maximum absolute atomic E-state index is 13.2. The van der Waals surface area contributed by atoms with Gasteiger partial charge in [0, 0.05) is 19.8 Å². The van der Waals surface area contributed by atoms with Gasteiger partial charge in [-0.15, -0.1) is 0 Å². The first-order chi connectivity index (χ1) is 13.1. The van der Waals surface area contributed by atoms with Crippen LogP contribution in [0.25, 0.3) is 0 Å². The first-order valence-electron chi connectivity index (χ1n) is 9.41. The van der Waals surface area contributed by atoms with Crippen LogP contribution in [0.3, 0.4) is 0 Å². The lowest BCUT2D eigenvalue weighted by Crippen LogP contribution is -2.47. The minimum absolute atomic E-state index is 0.0171. The van der Waals surface area contributed by atoms with Gasteiger partial charge in [0.1, 0.15) is 0 Å². The second-order valence-corrected chi connectivity index (χ2v) is 7.16. The molecule has 0 bridgehead atoms. The largest absolute Gasteiger partial charge is 0.347 e. The number of amides is 2. The van der Waals surface area contributed by atoms with Gasteiger partial charge in [0.15, 0.2) is 0 Å². The first-order valence-corrected chi connectivity index (χ1v) is 9.41. The molecular formula is C22H27N3O2. The van der Waals surface area contributed by atoms with Crippen LogP contribution in [-0.2, 0) is 16.1 Å². The lowest BCUT2D eigenvalue weighted by atomic mass is 10.1. The Bertz CT molecular complexity index is 762. The summed E-state index contributed by atoms with van der Waals surface area (Å²) in [5.74, 6) is 0.0955. The molecule has 0 aromatic heterocycles. The number of likely N-dealkylation sites (tertiary alicyclic amines) is 1. The Morgan fingerprint density at radius 3 is 2.26 bits per heavy atom. The molecule has 142 valence electrons. The van der Waals surface area contributed by atoms with Crippen LogP contribution in [0.1, 0.15) is 18.4 Å². The van der Waals surface area contributed by atoms with E-state index in [0.717, 1.165) is 30.6 Å². The SMILES string of the molecule is CN(C)C(=O)C1CCCN1CC(=O)N(Cc1ccccc1)c1ccccc1. The van der Waals surface area contributed by atoms with Crippen molar-refractivity contribution >= 4 is 17.5 Å². The smallest absolute Gasteiger partial charge is 0.241 e. The van der Waals surface area contributed by atoms with Crippen LogP contribution in [0.2, 0.25) is 0 Å². The molecule has 1 aliphatic rings. The number of nitrogens with zero attached hydrogens (tertiary/aromatic N) is 3. The molecule has 1 fully saturated rings. The standard InChI is InChI=1S/C22H27N3O2/c1-23(2)22(27)20-14-9-15-24(20)17-21(26)25(19-12-7-4-8-13-19)16-18-10-5-3-6-11-18/h3-8,10-13,20H,9,14-17H2,1-2H3. The Morgan fingerprint density at radius 2 is 1.63 bits per heavy atom. The maximum atomic E-state index is 13.2. The first kappa shape index (κ1) is 19.1. The summed E-state index contributed by atoms with van der Waals surface area (Å²) in [6.45, 7) is 1.56. The van der Waals surface area contributed by atoms with Gasteiger partial charge in [0.25, 0.3) is 0 Å². The van der Waals surface area contributed by atoms with E-state index in [-0.39, 0.29) is 24.4 Å². The highest BCUT2D eigenvalue weighted by Gasteiger charge is 2.33. The number of benzene rings is 2. The van der Waals surface area contributed by atoms with Gasteiger partial charge >= 0.3 is 0 Å². The van der Waals surface area contributed by atoms with Crippen LogP contribution >= 0.6 is 0 Å². The van der Waals surface area contributed by atoms with Crippen molar-refractivity contribution < 1.29 is 9.59 Å². The Labute approximate surface area is 161 Å². The van der Waals surface area contributed by atoms with E-state index in [2.05, 4.69) is 0 Å². The van der Waals surface area contributed by atoms with Crippen LogP contribution < -0.4 is 4.90 Å². The average Bonchev–Trinajstić information content (AvgIpc) is 3.14. The Balaban J connectivity index is 1.78. The molecule has 0 aliphatic carbocycles. The van der Waals surface area contributed by atoms with Gasteiger partial charge in [-0.05, 0) is 37.1 Å². The Hall–Kier alpha value is -2.66. The van der Waals surface area contributed by atoms with E-state index < -0.39 is 0 Å². The van der Waals surface area contributed by atoms with Crippen LogP contribution in [0.4, 0.5) is 5.69 Å². The van der Waals surface area contributed by atoms with E-state index in [4.69, 9.17) is 0 Å². The zero-order chi connectivity index (χ0) is 19.2. The van der Waals surface area contributed by atoms with Crippen molar-refractivity contribution in [2.24, 2.45) is 0 Å². The lowest BCUT2D eigenvalue weighted by Gasteiger charge is -2.29. The molecule has 3 rings (SSSR count). The van der Waals surface area contributed by atoms with E-state index in [1.54, 1.807) is 19.0 Å². The van der Waals surface area contributed by atoms with Gasteiger partial charge in [-0.25, -0.2) is 0 Å². The molecule has 1 heterocycles. The summed E-state index contributed by atoms with van der Waals surface area (Å²) in [6.07, 6.45) is 1.76. The molecule has 5 heteroatoms. The molecule has 0 radical (unpaired) electrons. The van der Waals surface area contributed by atoms with Crippen molar-refractivity contribution in [2.75, 3.05) is 32.1 Å². The topological polar surface area (TPSA) is 43.9 Å². The summed E-state index contributed by atoms with van der Waals surface area (Å²) in [7, 11) is 3.54. The zero-order valence-corrected chi connectivity index (χ0v) is 16.0. The molecule has 2 aromatic carbocycles. The second kappa shape index (κ2) is 8.82. The van der Waals surface area contributed by atoms with E-state index >= 15 is 0 Å². The van der Waals surface area contributed by atoms with Gasteiger partial charge in [0.2, 0.25) is 11.8 Å². The molecule has 5 nitrogen and oxygen atoms in total. The normalized spacial score (nSPS) is 16.9. The summed E-state index contributed by atoms with van der Waals surface area (Å²) in [6, 6.07) is 19.5. The molecule has 1 atom stereocenters. The quantitative estimate of drug-likeness (QED) is 0.791. The monoisotopic (exact) mass is 365 g/mol. The third-order valence-corrected chi connectivity index (χ3v) is 4.98. The molecule has 27 heavy (non-hydrogen) atoms. The molecular weight excluding hydrogens is 338 g/mol. The summed E-state index contributed by atoms with van der Waals surface area (Å²) >= 11 is 0. The van der Waals surface area contributed by atoms with Crippen molar-refractivity contribution in [3.05, 3.63) is 66.2 Å². The predicted molar refractivity (Wildman–Crippen MR) is 107 cm³/mol. The van der Waals surface area contributed by atoms with Gasteiger partial charge < -0.3 is 9.80 Å². The number of anilines is 1. The third kappa shape index (κ3) is 4.74. The highest BCUT2D eigenvalue weighted by atomic mass is 16.2. The second-order valence-electron chi connectivity index (χ2n) is 7.16. The lowest BCUT2D eigenvalue weighted by molar-refractivity contribution is -0.134. The molecule has 1 aliphatic heterocycles. The highest BCUT2D eigenvalue weighted by Crippen LogP contribution is 2.21. The maximum Gasteiger partial charge on any atom is 0.241 e. The molecule has 1 saturated heterocycles. The van der Waals surface area contributed by atoms with Crippen LogP contribution in [-0.4, -0.2) is 54.8 Å². The zero-order valence-electron chi connectivity index (χ0n) is 16.0. The highest BCUT2D eigenvalue weighted by molar-refractivity contribution is 5.95. The van der Waals surface area contributed by atoms with E-state index in [0.29, 0.717) is 6.54 Å². The van der Waals surface area contributed by atoms with E-state index in [9.17, 15) is 9.59 Å². The summed E-state index contributed by atoms with van der Waals surface area (Å²) < 4.78 is 0. The molecule has 2 aromatic rings. The minimum atomic E-state index is -0.196. The Morgan fingerprint density at radius 1 is 1.00 bits per heavy atom. The summed E-state index contributed by atoms with van der Waals surface area (Å²) in [4.78, 5) is 31.1. The molecule has 0 saturated carbocycles. The van der Waals surface area contributed by atoms with Crippen molar-refractivity contribution in [1.82, 2.24) is 9.80 Å². The van der Waals surface area contributed by atoms with Crippen molar-refractivity contribution in [3.8, 4) is 0 Å². The number of carbonyl (C=O) groups is 2. The van der Waals surface area contributed by atoms with Crippen LogP contribution in [0.15, 0.2) is 60.7 Å². The molecule has 0 N–H and O–H groups in total. The summed E-state index contributed by atoms with van der Waals surface area (Å²) in [5, 5.41) is 0. The molecule has 2 amide bonds. The van der Waals surface area contributed by atoms with Crippen molar-refractivity contribution in [2.45, 2.75) is 25.4 Å². The number of para-hydroxylation sites is 1. The fourth-order valence-electron chi connectivity index (χ4n) is 3.55. The fourth-order valence-corrected chi connectivity index (χ4v) is 3.55. The van der Waals surface area contributed by atoms with Gasteiger partial charge in [-0.3, -0.25) is 14.5 Å². The number of rotatable bonds is 6. The van der Waals surface area contributed by atoms with Gasteiger partial charge in [-0.1, -0.05) is 48.5 Å². The number of likely N-dealkylation sites (N-methyl/N-ethyl adjacent to an activating group) is 1. The van der Waals surface area contributed by atoms with E-state index in [1.807, 2.05) is 70.5 Å². The number of hydrogen-bond donors (Lipinski definition) is 0. The van der Waals surface area contributed by atoms with E-state index in [1.165, 1.54) is 0 Å². The molecule has 0 spiro atoms. The summed E-state index contributed by atoms with van der Waals surface area (Å²) in [5.41, 5.74) is 1.96. The Kier molecular flexibility index (Phi) is 6.24. The minimum Gasteiger partial charge on any atom is -0.347 e. The van der Waals surface area contributed by atoms with Crippen molar-refractivity contribution in [3.63, 3.8) is 0 Å². The predicted octanol–water partition coefficient (Wildman–Crippen LogP) is 2.77. The fraction of sp³-hybridized carbons (Fsp3) is 0.364. The molecule has 1 unspecified atom stereocenters. The number of carbonyl (C=O) groups excluding carboxylic acids is 2. The van der Waals surface area contributed by atoms with Crippen LogP contribution in [0, 0.1) is 0 Å². The van der Waals surface area contributed by atoms with Gasteiger partial charge in [0.05, 0.1) is 19.1 Å². The third-order valence-electron chi connectivity index (χ3n) is 4.98. The average molecular weight is 365 g/mol. The number of hydrogen-bond acceptors (Lipinski definition) is 3. The van der Waals surface area contributed by atoms with Crippen LogP contribution in [0.5, 0.6) is 0 Å².